The highest BCUT2D eigenvalue weighted by atomic mass is 16.5. The van der Waals surface area contributed by atoms with Gasteiger partial charge in [-0.25, -0.2) is 0 Å². The van der Waals surface area contributed by atoms with Crippen LogP contribution in [0.15, 0.2) is 48.8 Å². The number of rotatable bonds is 5. The van der Waals surface area contributed by atoms with Crippen molar-refractivity contribution in [3.63, 3.8) is 0 Å². The van der Waals surface area contributed by atoms with Crippen LogP contribution in [0.5, 0.6) is 5.75 Å². The van der Waals surface area contributed by atoms with Crippen molar-refractivity contribution in [3.8, 4) is 17.6 Å². The first-order chi connectivity index (χ1) is 10.7. The molecule has 0 aliphatic carbocycles. The van der Waals surface area contributed by atoms with Crippen LogP contribution in [0.3, 0.4) is 0 Å². The highest BCUT2D eigenvalue weighted by Crippen LogP contribution is 2.12. The molecule has 1 heterocycles. The van der Waals surface area contributed by atoms with E-state index in [2.05, 4.69) is 22.1 Å². The predicted molar refractivity (Wildman–Crippen MR) is 85.2 cm³/mol. The second-order valence-corrected chi connectivity index (χ2v) is 4.72. The van der Waals surface area contributed by atoms with E-state index >= 15 is 0 Å². The average molecular weight is 294 g/mol. The van der Waals surface area contributed by atoms with Crippen LogP contribution in [-0.2, 0) is 11.4 Å². The van der Waals surface area contributed by atoms with E-state index in [0.29, 0.717) is 25.3 Å². The number of carbonyl (C=O) groups is 1. The Bertz CT molecular complexity index is 672. The first kappa shape index (κ1) is 15.6. The number of hydrogen-bond donors (Lipinski definition) is 1. The smallest absolute Gasteiger partial charge is 0.216 e. The first-order valence-electron chi connectivity index (χ1n) is 7.09. The topological polar surface area (TPSA) is 51.2 Å². The van der Waals surface area contributed by atoms with E-state index in [0.717, 1.165) is 11.1 Å². The molecule has 0 bridgehead atoms. The lowest BCUT2D eigenvalue weighted by Gasteiger charge is -2.05. The number of benzene rings is 1. The Balaban J connectivity index is 1.87. The number of pyridine rings is 1. The zero-order valence-electron chi connectivity index (χ0n) is 12.5. The lowest BCUT2D eigenvalue weighted by Crippen LogP contribution is -2.20. The van der Waals surface area contributed by atoms with E-state index in [1.165, 1.54) is 6.92 Å². The fraction of sp³-hybridized carbons (Fsp3) is 0.222. The molecule has 0 aliphatic heterocycles. The Kier molecular flexibility index (Phi) is 6.01. The van der Waals surface area contributed by atoms with Crippen molar-refractivity contribution in [2.24, 2.45) is 0 Å². The van der Waals surface area contributed by atoms with Crippen LogP contribution < -0.4 is 10.1 Å². The third-order valence-electron chi connectivity index (χ3n) is 2.82. The Morgan fingerprint density at radius 3 is 2.86 bits per heavy atom. The average Bonchev–Trinajstić information content (AvgIpc) is 2.54. The summed E-state index contributed by atoms with van der Waals surface area (Å²) in [5, 5.41) is 2.70. The van der Waals surface area contributed by atoms with Gasteiger partial charge in [-0.1, -0.05) is 42.2 Å². The monoisotopic (exact) mass is 294 g/mol. The van der Waals surface area contributed by atoms with Crippen LogP contribution in [0.25, 0.3) is 0 Å². The maximum absolute atomic E-state index is 10.7. The van der Waals surface area contributed by atoms with Crippen LogP contribution in [0.4, 0.5) is 0 Å². The van der Waals surface area contributed by atoms with Gasteiger partial charge in [0.25, 0.3) is 0 Å². The summed E-state index contributed by atoms with van der Waals surface area (Å²) in [5.41, 5.74) is 1.91. The van der Waals surface area contributed by atoms with Crippen LogP contribution in [0.1, 0.15) is 24.5 Å². The molecule has 1 N–H and O–H groups in total. The van der Waals surface area contributed by atoms with Crippen LogP contribution in [-0.4, -0.2) is 17.4 Å². The largest absolute Gasteiger partial charge is 0.487 e. The molecule has 22 heavy (non-hydrogen) atoms. The normalized spacial score (nSPS) is 9.50. The van der Waals surface area contributed by atoms with Gasteiger partial charge in [-0.05, 0) is 11.6 Å². The van der Waals surface area contributed by atoms with E-state index in [9.17, 15) is 4.79 Å². The van der Waals surface area contributed by atoms with Crippen LogP contribution >= 0.6 is 0 Å². The van der Waals surface area contributed by atoms with Crippen molar-refractivity contribution in [3.05, 3.63) is 59.9 Å². The van der Waals surface area contributed by atoms with Gasteiger partial charge >= 0.3 is 0 Å². The van der Waals surface area contributed by atoms with E-state index < -0.39 is 0 Å². The molecule has 2 aromatic rings. The molecule has 1 aromatic carbocycles. The summed E-state index contributed by atoms with van der Waals surface area (Å²) >= 11 is 0. The SMILES string of the molecule is CC(=O)NCCC#Cc1cncc(OCc2ccccc2)c1. The van der Waals surface area contributed by atoms with E-state index in [1.54, 1.807) is 12.4 Å². The number of nitrogens with zero attached hydrogens (tertiary/aromatic N) is 1. The fourth-order valence-electron chi connectivity index (χ4n) is 1.77. The lowest BCUT2D eigenvalue weighted by atomic mass is 10.2. The number of hydrogen-bond acceptors (Lipinski definition) is 3. The minimum Gasteiger partial charge on any atom is -0.487 e. The van der Waals surface area contributed by atoms with Gasteiger partial charge in [-0.3, -0.25) is 9.78 Å². The summed E-state index contributed by atoms with van der Waals surface area (Å²) < 4.78 is 5.70. The van der Waals surface area contributed by atoms with Gasteiger partial charge in [0.1, 0.15) is 12.4 Å². The molecule has 0 saturated heterocycles. The van der Waals surface area contributed by atoms with Gasteiger partial charge in [0, 0.05) is 31.6 Å². The van der Waals surface area contributed by atoms with Gasteiger partial charge < -0.3 is 10.1 Å². The molecule has 112 valence electrons. The van der Waals surface area contributed by atoms with Crippen molar-refractivity contribution in [2.75, 3.05) is 6.54 Å². The molecule has 0 radical (unpaired) electrons. The number of ether oxygens (including phenoxy) is 1. The molecule has 2 rings (SSSR count). The standard InChI is InChI=1S/C18H18N2O2/c1-15(21)20-10-6-5-9-17-11-18(13-19-12-17)22-14-16-7-3-2-4-8-16/h2-4,7-8,11-13H,6,10,14H2,1H3,(H,20,21). The zero-order chi connectivity index (χ0) is 15.6. The Morgan fingerprint density at radius 1 is 1.27 bits per heavy atom. The maximum Gasteiger partial charge on any atom is 0.216 e. The van der Waals surface area contributed by atoms with Crippen molar-refractivity contribution in [2.45, 2.75) is 20.0 Å². The Morgan fingerprint density at radius 2 is 2.09 bits per heavy atom. The molecular weight excluding hydrogens is 276 g/mol. The second-order valence-electron chi connectivity index (χ2n) is 4.72. The van der Waals surface area contributed by atoms with Crippen LogP contribution in [0.2, 0.25) is 0 Å². The molecule has 1 aromatic heterocycles. The van der Waals surface area contributed by atoms with Gasteiger partial charge in [-0.2, -0.15) is 0 Å². The van der Waals surface area contributed by atoms with Crippen LogP contribution in [0, 0.1) is 11.8 Å². The van der Waals surface area contributed by atoms with Gasteiger partial charge in [0.2, 0.25) is 5.91 Å². The molecular formula is C18H18N2O2. The molecule has 0 spiro atoms. The summed E-state index contributed by atoms with van der Waals surface area (Å²) in [5.74, 6) is 6.66. The third-order valence-corrected chi connectivity index (χ3v) is 2.82. The summed E-state index contributed by atoms with van der Waals surface area (Å²) in [4.78, 5) is 14.9. The highest BCUT2D eigenvalue weighted by molar-refractivity contribution is 5.72. The Labute approximate surface area is 130 Å². The van der Waals surface area contributed by atoms with E-state index in [-0.39, 0.29) is 5.91 Å². The summed E-state index contributed by atoms with van der Waals surface area (Å²) in [6.45, 7) is 2.55. The van der Waals surface area contributed by atoms with Crippen molar-refractivity contribution in [1.29, 1.82) is 0 Å². The predicted octanol–water partition coefficient (Wildman–Crippen LogP) is 2.54. The molecule has 0 unspecified atom stereocenters. The van der Waals surface area contributed by atoms with E-state index in [4.69, 9.17) is 4.74 Å². The molecule has 0 atom stereocenters. The summed E-state index contributed by atoms with van der Waals surface area (Å²) in [6.07, 6.45) is 3.97. The zero-order valence-corrected chi connectivity index (χ0v) is 12.5. The minimum absolute atomic E-state index is 0.0419. The third kappa shape index (κ3) is 5.68. The molecule has 0 saturated carbocycles. The number of carbonyl (C=O) groups excluding carboxylic acids is 1. The fourth-order valence-corrected chi connectivity index (χ4v) is 1.77. The molecule has 4 nitrogen and oxygen atoms in total. The minimum atomic E-state index is -0.0419. The number of aromatic nitrogens is 1. The maximum atomic E-state index is 10.7. The lowest BCUT2D eigenvalue weighted by molar-refractivity contribution is -0.118. The second kappa shape index (κ2) is 8.48. The van der Waals surface area contributed by atoms with Crippen molar-refractivity contribution < 1.29 is 9.53 Å². The quantitative estimate of drug-likeness (QED) is 0.681. The van der Waals surface area contributed by atoms with Crippen molar-refractivity contribution in [1.82, 2.24) is 10.3 Å². The first-order valence-corrected chi connectivity index (χ1v) is 7.09. The summed E-state index contributed by atoms with van der Waals surface area (Å²) in [6, 6.07) is 11.8. The molecule has 0 fully saturated rings. The van der Waals surface area contributed by atoms with Gasteiger partial charge in [-0.15, -0.1) is 0 Å². The molecule has 4 heteroatoms. The van der Waals surface area contributed by atoms with E-state index in [1.807, 2.05) is 36.4 Å². The molecule has 0 aliphatic rings. The molecule has 1 amide bonds. The highest BCUT2D eigenvalue weighted by Gasteiger charge is 1.97. The summed E-state index contributed by atoms with van der Waals surface area (Å²) in [7, 11) is 0. The number of nitrogens with one attached hydrogen (secondary N) is 1. The Hall–Kier alpha value is -2.80. The van der Waals surface area contributed by atoms with Gasteiger partial charge in [0.05, 0.1) is 6.20 Å². The van der Waals surface area contributed by atoms with Gasteiger partial charge in [0.15, 0.2) is 0 Å². The van der Waals surface area contributed by atoms with Crippen molar-refractivity contribution >= 4 is 5.91 Å². The number of amides is 1.